The van der Waals surface area contributed by atoms with Gasteiger partial charge in [-0.25, -0.2) is 5.43 Å². The van der Waals surface area contributed by atoms with Crippen LogP contribution in [0.2, 0.25) is 0 Å². The van der Waals surface area contributed by atoms with Crippen LogP contribution in [0.1, 0.15) is 21.7 Å². The molecule has 0 fully saturated rings. The summed E-state index contributed by atoms with van der Waals surface area (Å²) in [6.07, 6.45) is 4.64. The van der Waals surface area contributed by atoms with Crippen molar-refractivity contribution in [3.8, 4) is 17.0 Å². The number of methoxy groups -OCH3 is 1. The van der Waals surface area contributed by atoms with Crippen molar-refractivity contribution in [1.82, 2.24) is 15.6 Å². The number of ether oxygens (including phenoxy) is 1. The van der Waals surface area contributed by atoms with Gasteiger partial charge in [0, 0.05) is 11.1 Å². The minimum atomic E-state index is -0.327. The maximum Gasteiger partial charge on any atom is 0.274 e. The Bertz CT molecular complexity index is 862. The molecule has 122 valence electrons. The zero-order valence-electron chi connectivity index (χ0n) is 13.2. The number of carbonyl (C=O) groups is 1. The smallest absolute Gasteiger partial charge is 0.274 e. The third-order valence-corrected chi connectivity index (χ3v) is 3.52. The lowest BCUT2D eigenvalue weighted by molar-refractivity contribution is 0.0953. The third-order valence-electron chi connectivity index (χ3n) is 3.52. The Labute approximate surface area is 138 Å². The van der Waals surface area contributed by atoms with E-state index in [4.69, 9.17) is 9.15 Å². The number of hydrogen-bond donors (Lipinski definition) is 2. The van der Waals surface area contributed by atoms with E-state index in [9.17, 15) is 4.79 Å². The average molecular weight is 324 g/mol. The third kappa shape index (κ3) is 3.19. The van der Waals surface area contributed by atoms with Crippen molar-refractivity contribution in [2.24, 2.45) is 5.10 Å². The number of nitrogens with zero attached hydrogens (tertiary/aromatic N) is 2. The number of carbonyl (C=O) groups excluding carboxylic acids is 1. The van der Waals surface area contributed by atoms with Crippen LogP contribution in [0.15, 0.2) is 52.3 Å². The molecule has 0 saturated carbocycles. The van der Waals surface area contributed by atoms with Gasteiger partial charge in [0.15, 0.2) is 0 Å². The highest BCUT2D eigenvalue weighted by molar-refractivity contribution is 5.96. The van der Waals surface area contributed by atoms with Crippen molar-refractivity contribution in [2.45, 2.75) is 6.92 Å². The van der Waals surface area contributed by atoms with Gasteiger partial charge in [-0.1, -0.05) is 0 Å². The number of furan rings is 1. The molecular formula is C17H16N4O3. The van der Waals surface area contributed by atoms with E-state index in [1.54, 1.807) is 26.3 Å². The SMILES string of the molecule is COc1ccc(-c2[nH]ncc2/C=N/NC(=O)c2ccoc2C)cc1. The van der Waals surface area contributed by atoms with E-state index in [2.05, 4.69) is 20.7 Å². The summed E-state index contributed by atoms with van der Waals surface area (Å²) in [5, 5.41) is 10.9. The number of aryl methyl sites for hydroxylation is 1. The maximum atomic E-state index is 12.0. The minimum absolute atomic E-state index is 0.327. The van der Waals surface area contributed by atoms with E-state index < -0.39 is 0 Å². The van der Waals surface area contributed by atoms with E-state index in [0.717, 1.165) is 22.6 Å². The van der Waals surface area contributed by atoms with Crippen LogP contribution in [0.5, 0.6) is 5.75 Å². The van der Waals surface area contributed by atoms with E-state index in [1.807, 2.05) is 24.3 Å². The van der Waals surface area contributed by atoms with Gasteiger partial charge in [0.25, 0.3) is 5.91 Å². The standard InChI is InChI=1S/C17H16N4O3/c1-11-15(7-8-24-11)17(22)21-19-10-13-9-18-20-16(13)12-3-5-14(23-2)6-4-12/h3-10H,1-2H3,(H,18,20)(H,21,22)/b19-10+. The van der Waals surface area contributed by atoms with Crippen molar-refractivity contribution in [3.63, 3.8) is 0 Å². The first-order chi connectivity index (χ1) is 11.7. The second kappa shape index (κ2) is 6.82. The minimum Gasteiger partial charge on any atom is -0.497 e. The van der Waals surface area contributed by atoms with Crippen molar-refractivity contribution in [2.75, 3.05) is 7.11 Å². The summed E-state index contributed by atoms with van der Waals surface area (Å²) in [6, 6.07) is 9.15. The molecule has 2 aromatic heterocycles. The van der Waals surface area contributed by atoms with Crippen LogP contribution in [-0.2, 0) is 0 Å². The van der Waals surface area contributed by atoms with Gasteiger partial charge in [-0.15, -0.1) is 0 Å². The number of hydrogen-bond acceptors (Lipinski definition) is 5. The number of nitrogens with one attached hydrogen (secondary N) is 2. The summed E-state index contributed by atoms with van der Waals surface area (Å²) in [7, 11) is 1.62. The number of amides is 1. The fourth-order valence-corrected chi connectivity index (χ4v) is 2.22. The molecule has 2 heterocycles. The molecule has 0 radical (unpaired) electrons. The van der Waals surface area contributed by atoms with Gasteiger partial charge in [0.05, 0.1) is 37.0 Å². The molecule has 1 aromatic carbocycles. The Kier molecular flexibility index (Phi) is 4.42. The number of aromatic amines is 1. The Morgan fingerprint density at radius 2 is 2.12 bits per heavy atom. The van der Waals surface area contributed by atoms with Crippen LogP contribution in [-0.4, -0.2) is 29.4 Å². The van der Waals surface area contributed by atoms with Gasteiger partial charge in [0.2, 0.25) is 0 Å². The van der Waals surface area contributed by atoms with Crippen molar-refractivity contribution < 1.29 is 13.9 Å². The first-order valence-corrected chi connectivity index (χ1v) is 7.24. The molecule has 0 bridgehead atoms. The van der Waals surface area contributed by atoms with Gasteiger partial charge >= 0.3 is 0 Å². The van der Waals surface area contributed by atoms with Crippen LogP contribution in [0.3, 0.4) is 0 Å². The van der Waals surface area contributed by atoms with E-state index in [-0.39, 0.29) is 5.91 Å². The molecule has 0 atom stereocenters. The highest BCUT2D eigenvalue weighted by Crippen LogP contribution is 2.22. The first-order valence-electron chi connectivity index (χ1n) is 7.24. The predicted octanol–water partition coefficient (Wildman–Crippen LogP) is 2.75. The first kappa shape index (κ1) is 15.5. The summed E-state index contributed by atoms with van der Waals surface area (Å²) in [5.41, 5.74) is 5.42. The van der Waals surface area contributed by atoms with Gasteiger partial charge in [-0.3, -0.25) is 9.89 Å². The molecule has 7 heteroatoms. The molecule has 3 aromatic rings. The quantitative estimate of drug-likeness (QED) is 0.557. The Hall–Kier alpha value is -3.35. The van der Waals surface area contributed by atoms with E-state index >= 15 is 0 Å². The van der Waals surface area contributed by atoms with Gasteiger partial charge in [-0.2, -0.15) is 10.2 Å². The normalized spacial score (nSPS) is 10.9. The molecule has 0 unspecified atom stereocenters. The molecular weight excluding hydrogens is 308 g/mol. The molecule has 3 rings (SSSR count). The Morgan fingerprint density at radius 3 is 2.79 bits per heavy atom. The number of H-pyrrole nitrogens is 1. The molecule has 2 N–H and O–H groups in total. The fourth-order valence-electron chi connectivity index (χ4n) is 2.22. The van der Waals surface area contributed by atoms with Crippen LogP contribution in [0.4, 0.5) is 0 Å². The number of hydrazone groups is 1. The van der Waals surface area contributed by atoms with Crippen LogP contribution in [0, 0.1) is 6.92 Å². The van der Waals surface area contributed by atoms with E-state index in [0.29, 0.717) is 11.3 Å². The topological polar surface area (TPSA) is 92.5 Å². The van der Waals surface area contributed by atoms with Crippen molar-refractivity contribution >= 4 is 12.1 Å². The molecule has 24 heavy (non-hydrogen) atoms. The van der Waals surface area contributed by atoms with Crippen LogP contribution >= 0.6 is 0 Å². The fraction of sp³-hybridized carbons (Fsp3) is 0.118. The number of rotatable bonds is 5. The zero-order chi connectivity index (χ0) is 16.9. The summed E-state index contributed by atoms with van der Waals surface area (Å²) < 4.78 is 10.2. The monoisotopic (exact) mass is 324 g/mol. The lowest BCUT2D eigenvalue weighted by Crippen LogP contribution is -2.17. The Morgan fingerprint density at radius 1 is 1.33 bits per heavy atom. The average Bonchev–Trinajstić information content (AvgIpc) is 3.24. The van der Waals surface area contributed by atoms with Crippen LogP contribution < -0.4 is 10.2 Å². The summed E-state index contributed by atoms with van der Waals surface area (Å²) in [4.78, 5) is 12.0. The number of aromatic nitrogens is 2. The van der Waals surface area contributed by atoms with Gasteiger partial charge in [-0.05, 0) is 37.3 Å². The van der Waals surface area contributed by atoms with Crippen molar-refractivity contribution in [1.29, 1.82) is 0 Å². The zero-order valence-corrected chi connectivity index (χ0v) is 13.2. The Balaban J connectivity index is 1.73. The molecule has 1 amide bonds. The van der Waals surface area contributed by atoms with Gasteiger partial charge < -0.3 is 9.15 Å². The molecule has 0 aliphatic heterocycles. The predicted molar refractivity (Wildman–Crippen MR) is 89.1 cm³/mol. The molecule has 0 aliphatic carbocycles. The molecule has 0 spiro atoms. The summed E-state index contributed by atoms with van der Waals surface area (Å²) in [6.45, 7) is 1.72. The van der Waals surface area contributed by atoms with Crippen LogP contribution in [0.25, 0.3) is 11.3 Å². The lowest BCUT2D eigenvalue weighted by Gasteiger charge is -2.02. The summed E-state index contributed by atoms with van der Waals surface area (Å²) in [5.74, 6) is 0.994. The van der Waals surface area contributed by atoms with Crippen molar-refractivity contribution in [3.05, 3.63) is 59.7 Å². The van der Waals surface area contributed by atoms with Gasteiger partial charge in [0.1, 0.15) is 11.5 Å². The molecule has 0 saturated heterocycles. The lowest BCUT2D eigenvalue weighted by atomic mass is 10.1. The highest BCUT2D eigenvalue weighted by Gasteiger charge is 2.10. The number of benzene rings is 1. The highest BCUT2D eigenvalue weighted by atomic mass is 16.5. The summed E-state index contributed by atoms with van der Waals surface area (Å²) >= 11 is 0. The van der Waals surface area contributed by atoms with E-state index in [1.165, 1.54) is 12.5 Å². The maximum absolute atomic E-state index is 12.0. The largest absolute Gasteiger partial charge is 0.497 e. The second-order valence-electron chi connectivity index (χ2n) is 5.02. The second-order valence-corrected chi connectivity index (χ2v) is 5.02. The molecule has 7 nitrogen and oxygen atoms in total. The molecule has 0 aliphatic rings.